The van der Waals surface area contributed by atoms with Gasteiger partial charge in [-0.05, 0) is 23.8 Å². The average molecular weight is 352 g/mol. The van der Waals surface area contributed by atoms with E-state index in [4.69, 9.17) is 4.74 Å². The normalized spacial score (nSPS) is 10.9. The second-order valence-electron chi connectivity index (χ2n) is 5.20. The maximum Gasteiger partial charge on any atom is 0.325 e. The Bertz CT molecular complexity index is 870. The van der Waals surface area contributed by atoms with E-state index in [1.807, 2.05) is 54.6 Å². The van der Waals surface area contributed by atoms with Crippen molar-refractivity contribution in [3.63, 3.8) is 0 Å². The Morgan fingerprint density at radius 3 is 2.64 bits per heavy atom. The molecule has 0 fully saturated rings. The number of ether oxygens (including phenoxy) is 1. The van der Waals surface area contributed by atoms with Crippen LogP contribution >= 0.6 is 11.3 Å². The molecule has 126 valence electrons. The quantitative estimate of drug-likeness (QED) is 0.546. The molecule has 0 bridgehead atoms. The highest BCUT2D eigenvalue weighted by Gasteiger charge is 2.08. The molecule has 1 aromatic heterocycles. The van der Waals surface area contributed by atoms with Crippen molar-refractivity contribution in [2.45, 2.75) is 6.61 Å². The summed E-state index contributed by atoms with van der Waals surface area (Å²) in [6.45, 7) is -0.0727. The summed E-state index contributed by atoms with van der Waals surface area (Å²) in [4.78, 5) is 27.8. The van der Waals surface area contributed by atoms with E-state index in [1.54, 1.807) is 6.08 Å². The molecule has 2 aromatic carbocycles. The zero-order valence-corrected chi connectivity index (χ0v) is 14.2. The molecule has 0 spiro atoms. The van der Waals surface area contributed by atoms with Crippen molar-refractivity contribution in [3.05, 3.63) is 71.2 Å². The lowest BCUT2D eigenvalue weighted by atomic mass is 10.2. The van der Waals surface area contributed by atoms with Crippen LogP contribution in [0.3, 0.4) is 0 Å². The van der Waals surface area contributed by atoms with Crippen LogP contribution < -0.4 is 5.32 Å². The van der Waals surface area contributed by atoms with E-state index < -0.39 is 5.97 Å². The second-order valence-corrected chi connectivity index (χ2v) is 6.31. The Labute approximate surface area is 149 Å². The lowest BCUT2D eigenvalue weighted by Crippen LogP contribution is -2.29. The van der Waals surface area contributed by atoms with Gasteiger partial charge < -0.3 is 10.1 Å². The average Bonchev–Trinajstić information content (AvgIpc) is 3.07. The SMILES string of the molecule is O=C(/C=C/c1ccccc1)NCC(=O)OCc1nc2ccccc2s1. The van der Waals surface area contributed by atoms with E-state index in [0.717, 1.165) is 20.8 Å². The first kappa shape index (κ1) is 16.9. The Kier molecular flexibility index (Phi) is 5.53. The van der Waals surface area contributed by atoms with Crippen LogP contribution in [-0.2, 0) is 20.9 Å². The maximum atomic E-state index is 11.7. The van der Waals surface area contributed by atoms with Crippen molar-refractivity contribution in [1.29, 1.82) is 0 Å². The molecule has 3 aromatic rings. The van der Waals surface area contributed by atoms with E-state index in [2.05, 4.69) is 10.3 Å². The van der Waals surface area contributed by atoms with E-state index in [-0.39, 0.29) is 19.1 Å². The van der Waals surface area contributed by atoms with Crippen LogP contribution in [0, 0.1) is 0 Å². The van der Waals surface area contributed by atoms with Gasteiger partial charge in [0.25, 0.3) is 0 Å². The maximum absolute atomic E-state index is 11.7. The Hall–Kier alpha value is -2.99. The molecule has 0 saturated heterocycles. The number of amides is 1. The van der Waals surface area contributed by atoms with Crippen molar-refractivity contribution < 1.29 is 14.3 Å². The summed E-state index contributed by atoms with van der Waals surface area (Å²) in [5.74, 6) is -0.846. The minimum Gasteiger partial charge on any atom is -0.457 e. The number of aromatic nitrogens is 1. The topological polar surface area (TPSA) is 68.3 Å². The molecule has 1 heterocycles. The number of carbonyl (C=O) groups is 2. The molecule has 0 saturated carbocycles. The smallest absolute Gasteiger partial charge is 0.325 e. The molecule has 1 amide bonds. The standard InChI is InChI=1S/C19H16N2O3S/c22-17(11-10-14-6-2-1-3-7-14)20-12-19(23)24-13-18-21-15-8-4-5-9-16(15)25-18/h1-11H,12-13H2,(H,20,22)/b11-10+. The number of fused-ring (bicyclic) bond motifs is 1. The van der Waals surface area contributed by atoms with E-state index in [0.29, 0.717) is 0 Å². The largest absolute Gasteiger partial charge is 0.457 e. The highest BCUT2D eigenvalue weighted by atomic mass is 32.1. The molecule has 0 radical (unpaired) electrons. The Morgan fingerprint density at radius 1 is 1.08 bits per heavy atom. The van der Waals surface area contributed by atoms with Crippen LogP contribution in [0.25, 0.3) is 16.3 Å². The summed E-state index contributed by atoms with van der Waals surface area (Å²) in [5, 5.41) is 3.22. The van der Waals surface area contributed by atoms with Crippen LogP contribution in [-0.4, -0.2) is 23.4 Å². The van der Waals surface area contributed by atoms with Gasteiger partial charge in [-0.25, -0.2) is 4.98 Å². The summed E-state index contributed by atoms with van der Waals surface area (Å²) in [6.07, 6.45) is 3.07. The molecule has 0 aliphatic carbocycles. The number of para-hydroxylation sites is 1. The fraction of sp³-hybridized carbons (Fsp3) is 0.105. The summed E-state index contributed by atoms with van der Waals surface area (Å²) >= 11 is 1.48. The Balaban J connectivity index is 1.43. The third-order valence-electron chi connectivity index (χ3n) is 3.33. The van der Waals surface area contributed by atoms with Crippen molar-refractivity contribution in [2.75, 3.05) is 6.54 Å². The molecule has 25 heavy (non-hydrogen) atoms. The molecule has 0 aliphatic heterocycles. The first-order chi connectivity index (χ1) is 12.2. The van der Waals surface area contributed by atoms with E-state index in [9.17, 15) is 9.59 Å². The number of benzene rings is 2. The fourth-order valence-corrected chi connectivity index (χ4v) is 3.01. The van der Waals surface area contributed by atoms with Gasteiger partial charge in [0.05, 0.1) is 10.2 Å². The van der Waals surface area contributed by atoms with E-state index in [1.165, 1.54) is 17.4 Å². The van der Waals surface area contributed by atoms with Gasteiger partial charge in [0.1, 0.15) is 18.2 Å². The molecular weight excluding hydrogens is 336 g/mol. The summed E-state index contributed by atoms with van der Waals surface area (Å²) in [6, 6.07) is 17.2. The van der Waals surface area contributed by atoms with Gasteiger partial charge >= 0.3 is 5.97 Å². The van der Waals surface area contributed by atoms with Gasteiger partial charge in [-0.15, -0.1) is 11.3 Å². The number of hydrogen-bond acceptors (Lipinski definition) is 5. The van der Waals surface area contributed by atoms with Crippen molar-refractivity contribution in [3.8, 4) is 0 Å². The minimum atomic E-state index is -0.499. The number of carbonyl (C=O) groups excluding carboxylic acids is 2. The van der Waals surface area contributed by atoms with Crippen LogP contribution in [0.2, 0.25) is 0 Å². The fourth-order valence-electron chi connectivity index (χ4n) is 2.13. The predicted molar refractivity (Wildman–Crippen MR) is 97.9 cm³/mol. The molecule has 6 heteroatoms. The highest BCUT2D eigenvalue weighted by molar-refractivity contribution is 7.18. The monoisotopic (exact) mass is 352 g/mol. The van der Waals surface area contributed by atoms with E-state index >= 15 is 0 Å². The molecule has 0 aliphatic rings. The molecule has 5 nitrogen and oxygen atoms in total. The third kappa shape index (κ3) is 4.99. The van der Waals surface area contributed by atoms with Gasteiger partial charge in [-0.1, -0.05) is 42.5 Å². The summed E-state index contributed by atoms with van der Waals surface area (Å²) in [5.41, 5.74) is 1.80. The van der Waals surface area contributed by atoms with Gasteiger partial charge in [-0.2, -0.15) is 0 Å². The van der Waals surface area contributed by atoms with Gasteiger partial charge in [0.2, 0.25) is 5.91 Å². The Morgan fingerprint density at radius 2 is 1.84 bits per heavy atom. The third-order valence-corrected chi connectivity index (χ3v) is 4.34. The predicted octanol–water partition coefficient (Wildman–Crippen LogP) is 3.17. The minimum absolute atomic E-state index is 0.105. The first-order valence-corrected chi connectivity index (χ1v) is 8.53. The van der Waals surface area contributed by atoms with Crippen LogP contribution in [0.1, 0.15) is 10.6 Å². The van der Waals surface area contributed by atoms with Crippen molar-refractivity contribution in [2.24, 2.45) is 0 Å². The number of esters is 1. The zero-order valence-electron chi connectivity index (χ0n) is 13.3. The second kappa shape index (κ2) is 8.21. The van der Waals surface area contributed by atoms with Gasteiger partial charge in [-0.3, -0.25) is 9.59 Å². The summed E-state index contributed by atoms with van der Waals surface area (Å²) in [7, 11) is 0. The van der Waals surface area contributed by atoms with Crippen LogP contribution in [0.4, 0.5) is 0 Å². The highest BCUT2D eigenvalue weighted by Crippen LogP contribution is 2.21. The molecule has 0 unspecified atom stereocenters. The lowest BCUT2D eigenvalue weighted by Gasteiger charge is -2.03. The van der Waals surface area contributed by atoms with Crippen molar-refractivity contribution in [1.82, 2.24) is 10.3 Å². The zero-order chi connectivity index (χ0) is 17.5. The number of nitrogens with one attached hydrogen (secondary N) is 1. The number of rotatable bonds is 6. The number of hydrogen-bond donors (Lipinski definition) is 1. The lowest BCUT2D eigenvalue weighted by molar-refractivity contribution is -0.144. The molecule has 3 rings (SSSR count). The van der Waals surface area contributed by atoms with Crippen LogP contribution in [0.15, 0.2) is 60.7 Å². The molecule has 0 atom stereocenters. The summed E-state index contributed by atoms with van der Waals surface area (Å²) < 4.78 is 6.19. The number of thiazole rings is 1. The molecular formula is C19H16N2O3S. The van der Waals surface area contributed by atoms with Gasteiger partial charge in [0, 0.05) is 6.08 Å². The van der Waals surface area contributed by atoms with Gasteiger partial charge in [0.15, 0.2) is 0 Å². The van der Waals surface area contributed by atoms with Crippen molar-refractivity contribution >= 4 is 39.5 Å². The first-order valence-electron chi connectivity index (χ1n) is 7.72. The molecule has 1 N–H and O–H groups in total. The number of nitrogens with zero attached hydrogens (tertiary/aromatic N) is 1. The van der Waals surface area contributed by atoms with Crippen LogP contribution in [0.5, 0.6) is 0 Å².